The van der Waals surface area contributed by atoms with E-state index < -0.39 is 0 Å². The second-order valence-electron chi connectivity index (χ2n) is 5.30. The third-order valence-corrected chi connectivity index (χ3v) is 3.36. The second-order valence-corrected chi connectivity index (χ2v) is 5.30. The van der Waals surface area contributed by atoms with Crippen LogP contribution in [0.15, 0.2) is 24.3 Å². The second kappa shape index (κ2) is 7.38. The van der Waals surface area contributed by atoms with Gasteiger partial charge in [-0.3, -0.25) is 9.69 Å². The molecule has 0 bridgehead atoms. The Morgan fingerprint density at radius 3 is 2.71 bits per heavy atom. The number of nitrogens with zero attached hydrogens (tertiary/aromatic N) is 1. The van der Waals surface area contributed by atoms with E-state index in [0.29, 0.717) is 5.75 Å². The Morgan fingerprint density at radius 1 is 1.43 bits per heavy atom. The lowest BCUT2D eigenvalue weighted by Crippen LogP contribution is -2.54. The van der Waals surface area contributed by atoms with Crippen LogP contribution in [-0.2, 0) is 9.53 Å². The van der Waals surface area contributed by atoms with Gasteiger partial charge in [-0.2, -0.15) is 0 Å². The molecule has 21 heavy (non-hydrogen) atoms. The highest BCUT2D eigenvalue weighted by Crippen LogP contribution is 2.18. The first kappa shape index (κ1) is 15.7. The van der Waals surface area contributed by atoms with E-state index in [-0.39, 0.29) is 30.5 Å². The molecule has 6 heteroatoms. The Hall–Kier alpha value is -1.66. The van der Waals surface area contributed by atoms with Crippen LogP contribution in [-0.4, -0.2) is 49.3 Å². The maximum atomic E-state index is 12.8. The van der Waals surface area contributed by atoms with Crippen molar-refractivity contribution in [2.45, 2.75) is 25.5 Å². The molecule has 1 atom stereocenters. The Kier molecular flexibility index (Phi) is 5.52. The molecule has 1 aromatic rings. The quantitative estimate of drug-likeness (QED) is 0.765. The molecule has 0 amide bonds. The summed E-state index contributed by atoms with van der Waals surface area (Å²) in [6.07, 6.45) is 0.913. The van der Waals surface area contributed by atoms with Gasteiger partial charge in [0.25, 0.3) is 0 Å². The minimum absolute atomic E-state index is 0.133. The van der Waals surface area contributed by atoms with E-state index in [2.05, 4.69) is 4.90 Å². The van der Waals surface area contributed by atoms with Crippen molar-refractivity contribution in [1.82, 2.24) is 4.90 Å². The Bertz CT molecular complexity index is 460. The number of likely N-dealkylation sites (tertiary alicyclic amines) is 1. The highest BCUT2D eigenvalue weighted by molar-refractivity contribution is 5.65. The van der Waals surface area contributed by atoms with E-state index in [1.807, 2.05) is 0 Å². The summed E-state index contributed by atoms with van der Waals surface area (Å²) < 4.78 is 23.3. The summed E-state index contributed by atoms with van der Waals surface area (Å²) in [6.45, 7) is 4.15. The average molecular weight is 296 g/mol. The molecular weight excluding hydrogens is 275 g/mol. The number of rotatable bonds is 7. The molecule has 1 aliphatic heterocycles. The monoisotopic (exact) mass is 296 g/mol. The first-order chi connectivity index (χ1) is 10.0. The maximum absolute atomic E-state index is 12.8. The van der Waals surface area contributed by atoms with E-state index in [1.165, 1.54) is 19.1 Å². The summed E-state index contributed by atoms with van der Waals surface area (Å²) in [4.78, 5) is 12.9. The van der Waals surface area contributed by atoms with E-state index in [9.17, 15) is 9.18 Å². The van der Waals surface area contributed by atoms with Gasteiger partial charge in [0.2, 0.25) is 0 Å². The standard InChI is InChI=1S/C15H21FN2O3/c1-11(19)20-10-13(17)6-7-18-8-15(9-18)21-14-4-2-12(16)3-5-14/h2-5,13,15H,6-10,17H2,1H3. The predicted molar refractivity (Wildman–Crippen MR) is 76.5 cm³/mol. The number of ether oxygens (including phenoxy) is 2. The van der Waals surface area contributed by atoms with Crippen LogP contribution in [0.2, 0.25) is 0 Å². The number of nitrogens with two attached hydrogens (primary N) is 1. The van der Waals surface area contributed by atoms with Gasteiger partial charge >= 0.3 is 5.97 Å². The van der Waals surface area contributed by atoms with Crippen LogP contribution in [0.4, 0.5) is 4.39 Å². The van der Waals surface area contributed by atoms with Crippen LogP contribution in [0, 0.1) is 5.82 Å². The van der Waals surface area contributed by atoms with Crippen LogP contribution in [0.3, 0.4) is 0 Å². The van der Waals surface area contributed by atoms with Crippen molar-refractivity contribution in [2.75, 3.05) is 26.2 Å². The Labute approximate surface area is 123 Å². The zero-order valence-corrected chi connectivity index (χ0v) is 12.1. The fourth-order valence-corrected chi connectivity index (χ4v) is 2.14. The molecule has 116 valence electrons. The molecule has 1 aromatic carbocycles. The summed E-state index contributed by atoms with van der Waals surface area (Å²) in [5.74, 6) is 0.120. The summed E-state index contributed by atoms with van der Waals surface area (Å²) in [5, 5.41) is 0. The highest BCUT2D eigenvalue weighted by Gasteiger charge is 2.28. The number of hydrogen-bond donors (Lipinski definition) is 1. The first-order valence-corrected chi connectivity index (χ1v) is 7.06. The fraction of sp³-hybridized carbons (Fsp3) is 0.533. The van der Waals surface area contributed by atoms with Crippen molar-refractivity contribution in [3.05, 3.63) is 30.1 Å². The molecule has 0 saturated carbocycles. The lowest BCUT2D eigenvalue weighted by Gasteiger charge is -2.39. The zero-order chi connectivity index (χ0) is 15.2. The van der Waals surface area contributed by atoms with Crippen molar-refractivity contribution in [2.24, 2.45) is 5.73 Å². The van der Waals surface area contributed by atoms with Crippen LogP contribution < -0.4 is 10.5 Å². The number of halogens is 1. The Balaban J connectivity index is 1.59. The van der Waals surface area contributed by atoms with Crippen molar-refractivity contribution < 1.29 is 18.7 Å². The van der Waals surface area contributed by atoms with Gasteiger partial charge < -0.3 is 15.2 Å². The normalized spacial score (nSPS) is 17.1. The van der Waals surface area contributed by atoms with Gasteiger partial charge in [-0.25, -0.2) is 4.39 Å². The lowest BCUT2D eigenvalue weighted by molar-refractivity contribution is -0.141. The van der Waals surface area contributed by atoms with E-state index in [0.717, 1.165) is 26.1 Å². The van der Waals surface area contributed by atoms with Crippen molar-refractivity contribution in [1.29, 1.82) is 0 Å². The molecule has 1 fully saturated rings. The largest absolute Gasteiger partial charge is 0.488 e. The van der Waals surface area contributed by atoms with Crippen LogP contribution in [0.25, 0.3) is 0 Å². The molecule has 1 unspecified atom stereocenters. The van der Waals surface area contributed by atoms with E-state index in [4.69, 9.17) is 15.2 Å². The van der Waals surface area contributed by atoms with Gasteiger partial charge in [-0.05, 0) is 30.7 Å². The maximum Gasteiger partial charge on any atom is 0.302 e. The minimum atomic E-state index is -0.304. The average Bonchev–Trinajstić information content (AvgIpc) is 2.41. The third kappa shape index (κ3) is 5.32. The van der Waals surface area contributed by atoms with Crippen LogP contribution >= 0.6 is 0 Å². The number of benzene rings is 1. The predicted octanol–water partition coefficient (Wildman–Crippen LogP) is 1.17. The van der Waals surface area contributed by atoms with Gasteiger partial charge in [0.1, 0.15) is 24.3 Å². The smallest absolute Gasteiger partial charge is 0.302 e. The highest BCUT2D eigenvalue weighted by atomic mass is 19.1. The summed E-state index contributed by atoms with van der Waals surface area (Å²) >= 11 is 0. The molecule has 0 aromatic heterocycles. The third-order valence-electron chi connectivity index (χ3n) is 3.36. The van der Waals surface area contributed by atoms with Gasteiger partial charge in [-0.1, -0.05) is 0 Å². The SMILES string of the molecule is CC(=O)OCC(N)CCN1CC(Oc2ccc(F)cc2)C1. The molecule has 0 aliphatic carbocycles. The number of carbonyl (C=O) groups is 1. The molecule has 5 nitrogen and oxygen atoms in total. The molecule has 1 aliphatic rings. The van der Waals surface area contributed by atoms with Gasteiger partial charge in [0.15, 0.2) is 0 Å². The van der Waals surface area contributed by atoms with E-state index >= 15 is 0 Å². The molecule has 1 saturated heterocycles. The summed E-state index contributed by atoms with van der Waals surface area (Å²) in [5.41, 5.74) is 5.85. The summed E-state index contributed by atoms with van der Waals surface area (Å²) in [7, 11) is 0. The number of carbonyl (C=O) groups excluding carboxylic acids is 1. The molecular formula is C15H21FN2O3. The molecule has 0 spiro atoms. The van der Waals surface area contributed by atoms with Gasteiger partial charge in [0, 0.05) is 32.6 Å². The van der Waals surface area contributed by atoms with Crippen LogP contribution in [0.1, 0.15) is 13.3 Å². The molecule has 1 heterocycles. The lowest BCUT2D eigenvalue weighted by atomic mass is 10.1. The topological polar surface area (TPSA) is 64.8 Å². The van der Waals surface area contributed by atoms with Crippen molar-refractivity contribution in [3.8, 4) is 5.75 Å². The van der Waals surface area contributed by atoms with Crippen molar-refractivity contribution in [3.63, 3.8) is 0 Å². The van der Waals surface area contributed by atoms with Crippen LogP contribution in [0.5, 0.6) is 5.75 Å². The number of hydrogen-bond acceptors (Lipinski definition) is 5. The molecule has 0 radical (unpaired) electrons. The Morgan fingerprint density at radius 2 is 2.10 bits per heavy atom. The molecule has 2 rings (SSSR count). The fourth-order valence-electron chi connectivity index (χ4n) is 2.14. The summed E-state index contributed by atoms with van der Waals surface area (Å²) in [6, 6.07) is 5.91. The van der Waals surface area contributed by atoms with E-state index in [1.54, 1.807) is 12.1 Å². The number of esters is 1. The van der Waals surface area contributed by atoms with Crippen molar-refractivity contribution >= 4 is 5.97 Å². The zero-order valence-electron chi connectivity index (χ0n) is 12.1. The van der Waals surface area contributed by atoms with Gasteiger partial charge in [0.05, 0.1) is 0 Å². The molecule has 2 N–H and O–H groups in total. The first-order valence-electron chi connectivity index (χ1n) is 7.06. The van der Waals surface area contributed by atoms with Gasteiger partial charge in [-0.15, -0.1) is 0 Å². The minimum Gasteiger partial charge on any atom is -0.488 e.